The highest BCUT2D eigenvalue weighted by atomic mass is 16.7. The summed E-state index contributed by atoms with van der Waals surface area (Å²) in [4.78, 5) is 25.0. The van der Waals surface area contributed by atoms with Gasteiger partial charge in [0, 0.05) is 12.8 Å². The SMILES string of the molecule is CCCCC/C=C\CCCCCCCC(=O)OCCCCCCCCCCCCCCCCCCCCCCCCCCCCCC(=O)NC(COC1OC(CO)C(O)C(O)C1O)C(O)/C=C/CCCCCCCCC. The Kier molecular flexibility index (Phi) is 52.3. The van der Waals surface area contributed by atoms with Crippen LogP contribution < -0.4 is 5.32 Å². The van der Waals surface area contributed by atoms with E-state index in [1.165, 1.54) is 231 Å². The number of hydrogen-bond donors (Lipinski definition) is 6. The molecule has 0 aromatic carbocycles. The van der Waals surface area contributed by atoms with E-state index in [0.29, 0.717) is 19.4 Å². The van der Waals surface area contributed by atoms with Gasteiger partial charge in [-0.25, -0.2) is 0 Å². The van der Waals surface area contributed by atoms with Gasteiger partial charge in [-0.15, -0.1) is 0 Å². The minimum atomic E-state index is -1.57. The first-order chi connectivity index (χ1) is 37.2. The summed E-state index contributed by atoms with van der Waals surface area (Å²) in [5.41, 5.74) is 0. The van der Waals surface area contributed by atoms with E-state index in [2.05, 4.69) is 31.3 Å². The van der Waals surface area contributed by atoms with Crippen molar-refractivity contribution in [3.05, 3.63) is 24.3 Å². The summed E-state index contributed by atoms with van der Waals surface area (Å²) in [6, 6.07) is -0.806. The molecular formula is C65H123NO10. The van der Waals surface area contributed by atoms with Gasteiger partial charge in [0.2, 0.25) is 5.91 Å². The van der Waals surface area contributed by atoms with E-state index in [-0.39, 0.29) is 18.5 Å². The lowest BCUT2D eigenvalue weighted by Crippen LogP contribution is -2.60. The molecule has 0 aromatic rings. The van der Waals surface area contributed by atoms with E-state index in [0.717, 1.165) is 57.8 Å². The van der Waals surface area contributed by atoms with E-state index < -0.39 is 49.5 Å². The second kappa shape index (κ2) is 55.1. The largest absolute Gasteiger partial charge is 0.466 e. The summed E-state index contributed by atoms with van der Waals surface area (Å²) in [5.74, 6) is -0.182. The first kappa shape index (κ1) is 72.2. The highest BCUT2D eigenvalue weighted by Crippen LogP contribution is 2.23. The molecule has 1 rings (SSSR count). The monoisotopic (exact) mass is 1080 g/mol. The third kappa shape index (κ3) is 44.0. The van der Waals surface area contributed by atoms with E-state index in [9.17, 15) is 35.1 Å². The van der Waals surface area contributed by atoms with Crippen LogP contribution in [-0.2, 0) is 23.8 Å². The average Bonchev–Trinajstić information content (AvgIpc) is 3.42. The smallest absolute Gasteiger partial charge is 0.305 e. The number of unbranched alkanes of at least 4 members (excludes halogenated alkanes) is 41. The molecule has 448 valence electrons. The number of nitrogens with one attached hydrogen (secondary N) is 1. The van der Waals surface area contributed by atoms with Crippen molar-refractivity contribution in [2.75, 3.05) is 19.8 Å². The number of ether oxygens (including phenoxy) is 3. The van der Waals surface area contributed by atoms with Crippen molar-refractivity contribution in [3.63, 3.8) is 0 Å². The normalized spacial score (nSPS) is 18.8. The summed E-state index contributed by atoms with van der Waals surface area (Å²) in [5, 5.41) is 54.2. The number of amides is 1. The second-order valence-electron chi connectivity index (χ2n) is 22.8. The first-order valence-electron chi connectivity index (χ1n) is 32.6. The third-order valence-electron chi connectivity index (χ3n) is 15.6. The topological polar surface area (TPSA) is 175 Å². The Morgan fingerprint density at radius 3 is 1.29 bits per heavy atom. The van der Waals surface area contributed by atoms with Crippen molar-refractivity contribution >= 4 is 11.9 Å². The summed E-state index contributed by atoms with van der Waals surface area (Å²) in [6.45, 7) is 4.31. The molecule has 76 heavy (non-hydrogen) atoms. The van der Waals surface area contributed by atoms with Crippen LogP contribution >= 0.6 is 0 Å². The molecule has 0 aliphatic carbocycles. The number of carbonyl (C=O) groups is 2. The third-order valence-corrected chi connectivity index (χ3v) is 15.6. The molecule has 1 amide bonds. The maximum atomic E-state index is 13.0. The van der Waals surface area contributed by atoms with Crippen molar-refractivity contribution in [1.29, 1.82) is 0 Å². The van der Waals surface area contributed by atoms with Crippen molar-refractivity contribution in [1.82, 2.24) is 5.32 Å². The summed E-state index contributed by atoms with van der Waals surface area (Å²) in [7, 11) is 0. The van der Waals surface area contributed by atoms with Crippen LogP contribution in [0.1, 0.15) is 316 Å². The lowest BCUT2D eigenvalue weighted by atomic mass is 9.99. The van der Waals surface area contributed by atoms with Crippen LogP contribution in [0.3, 0.4) is 0 Å². The van der Waals surface area contributed by atoms with Crippen molar-refractivity contribution in [2.24, 2.45) is 0 Å². The van der Waals surface area contributed by atoms with Gasteiger partial charge in [0.25, 0.3) is 0 Å². The van der Waals surface area contributed by atoms with Crippen LogP contribution in [0.25, 0.3) is 0 Å². The quantitative estimate of drug-likeness (QED) is 0.0195. The Hall–Kier alpha value is -1.86. The number of hydrogen-bond acceptors (Lipinski definition) is 10. The zero-order chi connectivity index (χ0) is 55.2. The molecule has 0 aromatic heterocycles. The minimum Gasteiger partial charge on any atom is -0.466 e. The highest BCUT2D eigenvalue weighted by Gasteiger charge is 2.44. The average molecular weight is 1080 g/mol. The molecule has 0 saturated carbocycles. The predicted octanol–water partition coefficient (Wildman–Crippen LogP) is 15.7. The van der Waals surface area contributed by atoms with Gasteiger partial charge in [-0.3, -0.25) is 9.59 Å². The van der Waals surface area contributed by atoms with Gasteiger partial charge < -0.3 is 45.1 Å². The van der Waals surface area contributed by atoms with Gasteiger partial charge in [-0.05, 0) is 57.8 Å². The number of allylic oxidation sites excluding steroid dienone is 3. The Bertz CT molecular complexity index is 1310. The molecule has 1 saturated heterocycles. The maximum Gasteiger partial charge on any atom is 0.305 e. The fraction of sp³-hybridized carbons (Fsp3) is 0.908. The lowest BCUT2D eigenvalue weighted by molar-refractivity contribution is -0.302. The van der Waals surface area contributed by atoms with E-state index in [1.807, 2.05) is 6.08 Å². The Labute approximate surface area is 467 Å². The Morgan fingerprint density at radius 1 is 0.474 bits per heavy atom. The minimum absolute atomic E-state index is 0.00148. The number of aliphatic hydroxyl groups excluding tert-OH is 5. The van der Waals surface area contributed by atoms with Crippen LogP contribution in [0.4, 0.5) is 0 Å². The molecular weight excluding hydrogens is 955 g/mol. The van der Waals surface area contributed by atoms with E-state index in [1.54, 1.807) is 6.08 Å². The molecule has 0 spiro atoms. The predicted molar refractivity (Wildman–Crippen MR) is 315 cm³/mol. The van der Waals surface area contributed by atoms with E-state index in [4.69, 9.17) is 14.2 Å². The number of aliphatic hydroxyl groups is 5. The maximum absolute atomic E-state index is 13.0. The molecule has 1 aliphatic rings. The van der Waals surface area contributed by atoms with Crippen LogP contribution in [0, 0.1) is 0 Å². The van der Waals surface area contributed by atoms with Crippen LogP contribution in [0.15, 0.2) is 24.3 Å². The molecule has 0 bridgehead atoms. The molecule has 0 radical (unpaired) electrons. The van der Waals surface area contributed by atoms with Gasteiger partial charge in [0.1, 0.15) is 24.4 Å². The molecule has 11 heteroatoms. The van der Waals surface area contributed by atoms with Gasteiger partial charge in [0.05, 0.1) is 32.0 Å². The lowest BCUT2D eigenvalue weighted by Gasteiger charge is -2.40. The number of carbonyl (C=O) groups excluding carboxylic acids is 2. The summed E-state index contributed by atoms with van der Waals surface area (Å²) in [6.07, 6.45) is 57.4. The van der Waals surface area contributed by atoms with E-state index >= 15 is 0 Å². The van der Waals surface area contributed by atoms with Gasteiger partial charge in [-0.1, -0.05) is 269 Å². The standard InChI is InChI=1S/C65H123NO10/c1-3-5-7-9-11-13-14-33-37-41-45-49-53-61(70)74-54-50-46-42-38-34-31-29-27-25-23-21-19-17-15-16-18-20-22-24-26-28-30-32-36-40-44-48-52-60(69)66-57(58(68)51-47-43-39-35-12-10-8-6-4-2)56-75-65-64(73)63(72)62(71)59(55-67)76-65/h11,13,47,51,57-59,62-65,67-68,71-73H,3-10,12,14-46,48-50,52-56H2,1-2H3,(H,66,69)/b13-11-,51-47+. The second-order valence-corrected chi connectivity index (χ2v) is 22.8. The number of rotatable bonds is 57. The van der Waals surface area contributed by atoms with Crippen molar-refractivity contribution in [2.45, 2.75) is 358 Å². The molecule has 1 aliphatic heterocycles. The molecule has 11 nitrogen and oxygen atoms in total. The molecule has 1 fully saturated rings. The van der Waals surface area contributed by atoms with Gasteiger partial charge in [-0.2, -0.15) is 0 Å². The summed E-state index contributed by atoms with van der Waals surface area (Å²) >= 11 is 0. The first-order valence-corrected chi connectivity index (χ1v) is 32.6. The number of esters is 1. The zero-order valence-corrected chi connectivity index (χ0v) is 49.5. The molecule has 7 unspecified atom stereocenters. The van der Waals surface area contributed by atoms with Crippen LogP contribution in [0.2, 0.25) is 0 Å². The van der Waals surface area contributed by atoms with Crippen LogP contribution in [0.5, 0.6) is 0 Å². The molecule has 1 heterocycles. The van der Waals surface area contributed by atoms with Gasteiger partial charge in [0.15, 0.2) is 6.29 Å². The fourth-order valence-corrected chi connectivity index (χ4v) is 10.4. The fourth-order valence-electron chi connectivity index (χ4n) is 10.4. The Balaban J connectivity index is 1.94. The highest BCUT2D eigenvalue weighted by molar-refractivity contribution is 5.76. The van der Waals surface area contributed by atoms with Crippen molar-refractivity contribution < 1.29 is 49.3 Å². The Morgan fingerprint density at radius 2 is 0.842 bits per heavy atom. The van der Waals surface area contributed by atoms with Crippen LogP contribution in [-0.4, -0.2) is 100 Å². The zero-order valence-electron chi connectivity index (χ0n) is 49.5. The summed E-state index contributed by atoms with van der Waals surface area (Å²) < 4.78 is 16.7. The van der Waals surface area contributed by atoms with Crippen molar-refractivity contribution in [3.8, 4) is 0 Å². The van der Waals surface area contributed by atoms with Gasteiger partial charge >= 0.3 is 5.97 Å². The molecule has 6 N–H and O–H groups in total. The molecule has 7 atom stereocenters.